The number of rotatable bonds is 4. The Kier molecular flexibility index (Phi) is 4.06. The molecule has 0 aromatic carbocycles. The minimum Gasteiger partial charge on any atom is -0.383 e. The SMILES string of the molecule is CCN(CC(C)C#N)c1ncnc(N)c1C. The highest BCUT2D eigenvalue weighted by atomic mass is 15.2. The Labute approximate surface area is 95.9 Å². The molecule has 0 saturated carbocycles. The lowest BCUT2D eigenvalue weighted by Gasteiger charge is -2.24. The number of anilines is 2. The van der Waals surface area contributed by atoms with E-state index in [1.807, 2.05) is 25.7 Å². The first-order valence-corrected chi connectivity index (χ1v) is 5.31. The summed E-state index contributed by atoms with van der Waals surface area (Å²) >= 11 is 0. The van der Waals surface area contributed by atoms with E-state index >= 15 is 0 Å². The maximum absolute atomic E-state index is 8.82. The van der Waals surface area contributed by atoms with Gasteiger partial charge in [0.25, 0.3) is 0 Å². The molecule has 0 aliphatic rings. The van der Waals surface area contributed by atoms with E-state index in [9.17, 15) is 0 Å². The molecular weight excluding hydrogens is 202 g/mol. The molecule has 1 heterocycles. The summed E-state index contributed by atoms with van der Waals surface area (Å²) in [5, 5.41) is 8.82. The molecule has 0 aliphatic carbocycles. The van der Waals surface area contributed by atoms with Gasteiger partial charge in [-0.25, -0.2) is 9.97 Å². The summed E-state index contributed by atoms with van der Waals surface area (Å²) < 4.78 is 0. The average Bonchev–Trinajstić information content (AvgIpc) is 2.29. The molecule has 1 aromatic heterocycles. The lowest BCUT2D eigenvalue weighted by Crippen LogP contribution is -2.29. The van der Waals surface area contributed by atoms with Crippen LogP contribution in [-0.4, -0.2) is 23.1 Å². The molecule has 0 radical (unpaired) electrons. The van der Waals surface area contributed by atoms with E-state index in [4.69, 9.17) is 11.0 Å². The van der Waals surface area contributed by atoms with Gasteiger partial charge in [-0.15, -0.1) is 0 Å². The van der Waals surface area contributed by atoms with E-state index in [-0.39, 0.29) is 5.92 Å². The topological polar surface area (TPSA) is 78.8 Å². The Morgan fingerprint density at radius 2 is 2.25 bits per heavy atom. The summed E-state index contributed by atoms with van der Waals surface area (Å²) in [6.07, 6.45) is 1.46. The first-order chi connectivity index (χ1) is 7.60. The van der Waals surface area contributed by atoms with Gasteiger partial charge < -0.3 is 10.6 Å². The molecule has 0 fully saturated rings. The summed E-state index contributed by atoms with van der Waals surface area (Å²) in [4.78, 5) is 10.2. The first-order valence-electron chi connectivity index (χ1n) is 5.31. The van der Waals surface area contributed by atoms with E-state index in [1.54, 1.807) is 0 Å². The molecule has 0 bridgehead atoms. The second-order valence-corrected chi connectivity index (χ2v) is 3.78. The van der Waals surface area contributed by atoms with Gasteiger partial charge in [-0.3, -0.25) is 0 Å². The molecule has 1 atom stereocenters. The van der Waals surface area contributed by atoms with Crippen LogP contribution in [0.4, 0.5) is 11.6 Å². The van der Waals surface area contributed by atoms with Crippen molar-refractivity contribution < 1.29 is 0 Å². The molecule has 0 saturated heterocycles. The Hall–Kier alpha value is -1.83. The average molecular weight is 219 g/mol. The van der Waals surface area contributed by atoms with Crippen molar-refractivity contribution in [2.45, 2.75) is 20.8 Å². The van der Waals surface area contributed by atoms with Crippen LogP contribution in [0.3, 0.4) is 0 Å². The van der Waals surface area contributed by atoms with Crippen molar-refractivity contribution in [1.29, 1.82) is 5.26 Å². The predicted molar refractivity (Wildman–Crippen MR) is 63.8 cm³/mol. The molecule has 86 valence electrons. The smallest absolute Gasteiger partial charge is 0.137 e. The molecule has 1 aromatic rings. The molecule has 1 unspecified atom stereocenters. The molecule has 16 heavy (non-hydrogen) atoms. The minimum absolute atomic E-state index is 0.0319. The zero-order valence-electron chi connectivity index (χ0n) is 9.94. The van der Waals surface area contributed by atoms with Crippen LogP contribution in [0.5, 0.6) is 0 Å². The molecule has 2 N–H and O–H groups in total. The van der Waals surface area contributed by atoms with E-state index in [0.29, 0.717) is 12.4 Å². The highest BCUT2D eigenvalue weighted by Gasteiger charge is 2.13. The van der Waals surface area contributed by atoms with Gasteiger partial charge in [-0.2, -0.15) is 5.26 Å². The minimum atomic E-state index is -0.0319. The van der Waals surface area contributed by atoms with E-state index in [0.717, 1.165) is 17.9 Å². The van der Waals surface area contributed by atoms with Gasteiger partial charge in [0.2, 0.25) is 0 Å². The van der Waals surface area contributed by atoms with Crippen LogP contribution in [0.1, 0.15) is 19.4 Å². The first kappa shape index (κ1) is 12.2. The summed E-state index contributed by atoms with van der Waals surface area (Å²) in [6.45, 7) is 7.27. The van der Waals surface area contributed by atoms with Crippen LogP contribution in [0.25, 0.3) is 0 Å². The van der Waals surface area contributed by atoms with Crippen molar-refractivity contribution in [2.24, 2.45) is 5.92 Å². The number of aromatic nitrogens is 2. The third-order valence-electron chi connectivity index (χ3n) is 2.49. The van der Waals surface area contributed by atoms with Crippen molar-refractivity contribution in [2.75, 3.05) is 23.7 Å². The maximum atomic E-state index is 8.82. The Morgan fingerprint density at radius 1 is 1.56 bits per heavy atom. The number of nitrogen functional groups attached to an aromatic ring is 1. The Morgan fingerprint density at radius 3 is 2.81 bits per heavy atom. The quantitative estimate of drug-likeness (QED) is 0.827. The number of hydrogen-bond acceptors (Lipinski definition) is 5. The highest BCUT2D eigenvalue weighted by molar-refractivity contribution is 5.55. The monoisotopic (exact) mass is 219 g/mol. The van der Waals surface area contributed by atoms with Gasteiger partial charge in [0.05, 0.1) is 12.0 Å². The van der Waals surface area contributed by atoms with Crippen molar-refractivity contribution in [3.05, 3.63) is 11.9 Å². The summed E-state index contributed by atoms with van der Waals surface area (Å²) in [5.74, 6) is 1.28. The van der Waals surface area contributed by atoms with Crippen LogP contribution in [0.15, 0.2) is 6.33 Å². The van der Waals surface area contributed by atoms with E-state index < -0.39 is 0 Å². The molecule has 5 nitrogen and oxygen atoms in total. The van der Waals surface area contributed by atoms with E-state index in [2.05, 4.69) is 16.0 Å². The van der Waals surface area contributed by atoms with Crippen LogP contribution in [0.2, 0.25) is 0 Å². The zero-order chi connectivity index (χ0) is 12.1. The standard InChI is InChI=1S/C11H17N5/c1-4-16(6-8(2)5-12)11-9(3)10(13)14-7-15-11/h7-8H,4,6H2,1-3H3,(H2,13,14,15). The van der Waals surface area contributed by atoms with Gasteiger partial charge >= 0.3 is 0 Å². The Bertz CT molecular complexity index is 396. The highest BCUT2D eigenvalue weighted by Crippen LogP contribution is 2.20. The second-order valence-electron chi connectivity index (χ2n) is 3.78. The second kappa shape index (κ2) is 5.31. The molecule has 0 amide bonds. The maximum Gasteiger partial charge on any atom is 0.137 e. The van der Waals surface area contributed by atoms with Gasteiger partial charge in [-0.1, -0.05) is 0 Å². The lowest BCUT2D eigenvalue weighted by molar-refractivity contribution is 0.677. The van der Waals surface area contributed by atoms with Crippen molar-refractivity contribution in [1.82, 2.24) is 9.97 Å². The lowest BCUT2D eigenvalue weighted by atomic mass is 10.2. The van der Waals surface area contributed by atoms with Crippen LogP contribution >= 0.6 is 0 Å². The normalized spacial score (nSPS) is 11.9. The number of nitrogens with zero attached hydrogens (tertiary/aromatic N) is 4. The number of hydrogen-bond donors (Lipinski definition) is 1. The summed E-state index contributed by atoms with van der Waals surface area (Å²) in [5.41, 5.74) is 6.60. The molecule has 5 heteroatoms. The molecular formula is C11H17N5. The van der Waals surface area contributed by atoms with E-state index in [1.165, 1.54) is 6.33 Å². The van der Waals surface area contributed by atoms with Gasteiger partial charge in [0.1, 0.15) is 18.0 Å². The third kappa shape index (κ3) is 2.60. The number of nitrogens with two attached hydrogens (primary N) is 1. The fraction of sp³-hybridized carbons (Fsp3) is 0.545. The van der Waals surface area contributed by atoms with Gasteiger partial charge in [0, 0.05) is 18.7 Å². The Balaban J connectivity index is 2.96. The molecule has 0 aliphatic heterocycles. The van der Waals surface area contributed by atoms with Crippen LogP contribution in [0, 0.1) is 24.2 Å². The third-order valence-corrected chi connectivity index (χ3v) is 2.49. The zero-order valence-corrected chi connectivity index (χ0v) is 9.94. The van der Waals surface area contributed by atoms with Gasteiger partial charge in [0.15, 0.2) is 0 Å². The van der Waals surface area contributed by atoms with Crippen LogP contribution < -0.4 is 10.6 Å². The fourth-order valence-electron chi connectivity index (χ4n) is 1.51. The van der Waals surface area contributed by atoms with Crippen molar-refractivity contribution in [3.63, 3.8) is 0 Å². The predicted octanol–water partition coefficient (Wildman–Crippen LogP) is 1.35. The summed E-state index contributed by atoms with van der Waals surface area (Å²) in [6, 6.07) is 2.22. The van der Waals surface area contributed by atoms with Crippen LogP contribution in [-0.2, 0) is 0 Å². The van der Waals surface area contributed by atoms with Crippen molar-refractivity contribution >= 4 is 11.6 Å². The molecule has 0 spiro atoms. The largest absolute Gasteiger partial charge is 0.383 e. The van der Waals surface area contributed by atoms with Gasteiger partial charge in [-0.05, 0) is 20.8 Å². The number of nitriles is 1. The fourth-order valence-corrected chi connectivity index (χ4v) is 1.51. The summed E-state index contributed by atoms with van der Waals surface area (Å²) in [7, 11) is 0. The van der Waals surface area contributed by atoms with Crippen molar-refractivity contribution in [3.8, 4) is 6.07 Å². The molecule has 1 rings (SSSR count).